The van der Waals surface area contributed by atoms with E-state index in [1.165, 1.54) is 0 Å². The molecule has 1 aromatic rings. The van der Waals surface area contributed by atoms with Crippen molar-refractivity contribution in [1.29, 1.82) is 0 Å². The number of furan rings is 1. The lowest BCUT2D eigenvalue weighted by Crippen LogP contribution is -2.37. The van der Waals surface area contributed by atoms with E-state index >= 15 is 0 Å². The van der Waals surface area contributed by atoms with Crippen LogP contribution in [0.3, 0.4) is 0 Å². The van der Waals surface area contributed by atoms with Crippen LogP contribution in [0.1, 0.15) is 5.56 Å². The Morgan fingerprint density at radius 3 is 2.81 bits per heavy atom. The summed E-state index contributed by atoms with van der Waals surface area (Å²) in [7, 11) is 1.72. The zero-order chi connectivity index (χ0) is 11.1. The lowest BCUT2D eigenvalue weighted by atomic mass is 10.3. The van der Waals surface area contributed by atoms with Gasteiger partial charge in [0.05, 0.1) is 12.5 Å². The molecule has 0 aliphatic heterocycles. The Morgan fingerprint density at radius 2 is 2.31 bits per heavy atom. The summed E-state index contributed by atoms with van der Waals surface area (Å²) in [6.45, 7) is 5.06. The molecular formula is C10H15BrIN3O. The van der Waals surface area contributed by atoms with E-state index in [0.717, 1.165) is 16.0 Å². The van der Waals surface area contributed by atoms with Gasteiger partial charge in [0.15, 0.2) is 5.96 Å². The molecule has 90 valence electrons. The first-order valence-electron chi connectivity index (χ1n) is 4.51. The molecule has 2 N–H and O–H groups in total. The molecule has 0 aliphatic carbocycles. The van der Waals surface area contributed by atoms with E-state index in [1.807, 2.05) is 6.07 Å². The minimum Gasteiger partial charge on any atom is -0.472 e. The Morgan fingerprint density at radius 1 is 1.56 bits per heavy atom. The van der Waals surface area contributed by atoms with Crippen LogP contribution < -0.4 is 10.6 Å². The molecule has 4 nitrogen and oxygen atoms in total. The molecule has 6 heteroatoms. The van der Waals surface area contributed by atoms with Crippen LogP contribution in [0.5, 0.6) is 0 Å². The van der Waals surface area contributed by atoms with Crippen molar-refractivity contribution in [1.82, 2.24) is 10.6 Å². The summed E-state index contributed by atoms with van der Waals surface area (Å²) in [4.78, 5) is 4.06. The normalized spacial score (nSPS) is 10.5. The van der Waals surface area contributed by atoms with Gasteiger partial charge in [-0.25, -0.2) is 0 Å². The van der Waals surface area contributed by atoms with Gasteiger partial charge in [-0.2, -0.15) is 0 Å². The van der Waals surface area contributed by atoms with Crippen molar-refractivity contribution in [2.45, 2.75) is 6.54 Å². The molecule has 0 saturated carbocycles. The number of aliphatic imine (C=N–C) groups is 1. The summed E-state index contributed by atoms with van der Waals surface area (Å²) < 4.78 is 5.84. The fourth-order valence-corrected chi connectivity index (χ4v) is 1.12. The first-order valence-corrected chi connectivity index (χ1v) is 5.30. The first-order chi connectivity index (χ1) is 7.22. The number of nitrogens with one attached hydrogen (secondary N) is 2. The predicted octanol–water partition coefficient (Wildman–Crippen LogP) is 2.47. The molecule has 0 bridgehead atoms. The molecule has 0 spiro atoms. The average molecular weight is 400 g/mol. The van der Waals surface area contributed by atoms with Crippen molar-refractivity contribution in [2.24, 2.45) is 4.99 Å². The monoisotopic (exact) mass is 399 g/mol. The Hall–Kier alpha value is -0.500. The van der Waals surface area contributed by atoms with E-state index in [4.69, 9.17) is 4.42 Å². The third-order valence-electron chi connectivity index (χ3n) is 1.71. The molecular weight excluding hydrogens is 385 g/mol. The average Bonchev–Trinajstić information content (AvgIpc) is 2.70. The van der Waals surface area contributed by atoms with Gasteiger partial charge in [0.25, 0.3) is 0 Å². The van der Waals surface area contributed by atoms with Crippen LogP contribution in [0.25, 0.3) is 0 Å². The molecule has 0 aliphatic rings. The third-order valence-corrected chi connectivity index (χ3v) is 1.99. The standard InChI is InChI=1S/C10H14BrN3O.HI/c1-8(11)5-13-10(12-2)14-6-9-3-4-15-7-9;/h3-4,7H,1,5-6H2,2H3,(H2,12,13,14);1H. The molecule has 0 saturated heterocycles. The Labute approximate surface area is 121 Å². The second-order valence-electron chi connectivity index (χ2n) is 2.93. The molecule has 0 fully saturated rings. The van der Waals surface area contributed by atoms with Crippen LogP contribution in [-0.4, -0.2) is 19.6 Å². The Bertz CT molecular complexity index is 338. The Balaban J connectivity index is 0.00000225. The van der Waals surface area contributed by atoms with Crippen molar-refractivity contribution in [3.63, 3.8) is 0 Å². The van der Waals surface area contributed by atoms with E-state index in [1.54, 1.807) is 19.6 Å². The minimum absolute atomic E-state index is 0. The third kappa shape index (κ3) is 6.16. The largest absolute Gasteiger partial charge is 0.472 e. The lowest BCUT2D eigenvalue weighted by molar-refractivity contribution is 0.563. The second-order valence-corrected chi connectivity index (χ2v) is 4.05. The smallest absolute Gasteiger partial charge is 0.191 e. The van der Waals surface area contributed by atoms with E-state index in [9.17, 15) is 0 Å². The number of guanidine groups is 1. The predicted molar refractivity (Wildman–Crippen MR) is 80.4 cm³/mol. The van der Waals surface area contributed by atoms with Gasteiger partial charge in [-0.05, 0) is 6.07 Å². The van der Waals surface area contributed by atoms with Crippen LogP contribution in [-0.2, 0) is 6.54 Å². The van der Waals surface area contributed by atoms with Crippen molar-refractivity contribution < 1.29 is 4.42 Å². The van der Waals surface area contributed by atoms with Crippen molar-refractivity contribution >= 4 is 45.9 Å². The molecule has 0 radical (unpaired) electrons. The highest BCUT2D eigenvalue weighted by Crippen LogP contribution is 1.99. The van der Waals surface area contributed by atoms with Gasteiger partial charge < -0.3 is 15.1 Å². The van der Waals surface area contributed by atoms with Crippen LogP contribution >= 0.6 is 39.9 Å². The molecule has 1 aromatic heterocycles. The van der Waals surface area contributed by atoms with E-state index in [-0.39, 0.29) is 24.0 Å². The topological polar surface area (TPSA) is 49.6 Å². The maximum Gasteiger partial charge on any atom is 0.191 e. The first kappa shape index (κ1) is 15.5. The van der Waals surface area contributed by atoms with Crippen molar-refractivity contribution in [3.8, 4) is 0 Å². The summed E-state index contributed by atoms with van der Waals surface area (Å²) in [6, 6.07) is 1.91. The molecule has 1 rings (SSSR count). The van der Waals surface area contributed by atoms with Crippen molar-refractivity contribution in [3.05, 3.63) is 35.2 Å². The number of hydrogen-bond donors (Lipinski definition) is 2. The van der Waals surface area contributed by atoms with Gasteiger partial charge in [0.2, 0.25) is 0 Å². The second kappa shape index (κ2) is 8.63. The SMILES string of the molecule is C=C(Br)CNC(=NC)NCc1ccoc1.I. The zero-order valence-corrected chi connectivity index (χ0v) is 12.9. The number of hydrogen-bond acceptors (Lipinski definition) is 2. The molecule has 16 heavy (non-hydrogen) atoms. The van der Waals surface area contributed by atoms with Gasteiger partial charge in [-0.15, -0.1) is 24.0 Å². The quantitative estimate of drug-likeness (QED) is 0.464. The molecule has 0 unspecified atom stereocenters. The molecule has 0 amide bonds. The zero-order valence-electron chi connectivity index (χ0n) is 9.00. The number of halogens is 2. The number of nitrogens with zero attached hydrogens (tertiary/aromatic N) is 1. The highest BCUT2D eigenvalue weighted by Gasteiger charge is 1.98. The van der Waals surface area contributed by atoms with Gasteiger partial charge in [-0.3, -0.25) is 4.99 Å². The van der Waals surface area contributed by atoms with E-state index in [2.05, 4.69) is 38.1 Å². The lowest BCUT2D eigenvalue weighted by Gasteiger charge is -2.10. The summed E-state index contributed by atoms with van der Waals surface area (Å²) in [5.74, 6) is 0.733. The number of rotatable bonds is 4. The van der Waals surface area contributed by atoms with Gasteiger partial charge >= 0.3 is 0 Å². The van der Waals surface area contributed by atoms with Gasteiger partial charge in [0, 0.05) is 30.2 Å². The highest BCUT2D eigenvalue weighted by atomic mass is 127. The van der Waals surface area contributed by atoms with Crippen LogP contribution in [0, 0.1) is 0 Å². The van der Waals surface area contributed by atoms with Gasteiger partial charge in [0.1, 0.15) is 0 Å². The molecule has 1 heterocycles. The van der Waals surface area contributed by atoms with E-state index < -0.39 is 0 Å². The fraction of sp³-hybridized carbons (Fsp3) is 0.300. The summed E-state index contributed by atoms with van der Waals surface area (Å²) in [6.07, 6.45) is 3.34. The van der Waals surface area contributed by atoms with Gasteiger partial charge in [-0.1, -0.05) is 22.5 Å². The fourth-order valence-electron chi connectivity index (χ4n) is 0.979. The maximum atomic E-state index is 4.96. The summed E-state index contributed by atoms with van der Waals surface area (Å²) in [5.41, 5.74) is 1.08. The highest BCUT2D eigenvalue weighted by molar-refractivity contribution is 14.0. The minimum atomic E-state index is 0. The van der Waals surface area contributed by atoms with E-state index in [0.29, 0.717) is 13.1 Å². The summed E-state index contributed by atoms with van der Waals surface area (Å²) in [5, 5.41) is 6.24. The summed E-state index contributed by atoms with van der Waals surface area (Å²) >= 11 is 3.27. The molecule has 0 aromatic carbocycles. The van der Waals surface area contributed by atoms with Crippen LogP contribution in [0.2, 0.25) is 0 Å². The van der Waals surface area contributed by atoms with Crippen molar-refractivity contribution in [2.75, 3.05) is 13.6 Å². The Kier molecular flexibility index (Phi) is 8.36. The molecule has 0 atom stereocenters. The van der Waals surface area contributed by atoms with Crippen LogP contribution in [0.15, 0.2) is 39.1 Å². The van der Waals surface area contributed by atoms with Crippen LogP contribution in [0.4, 0.5) is 0 Å². The maximum absolute atomic E-state index is 4.96.